The molecule has 29 heavy (non-hydrogen) atoms. The number of carbonyl (C=O) groups is 2. The normalized spacial score (nSPS) is 26.3. The van der Waals surface area contributed by atoms with Crippen molar-refractivity contribution in [3.05, 3.63) is 23.0 Å². The van der Waals surface area contributed by atoms with E-state index in [4.69, 9.17) is 16.3 Å². The van der Waals surface area contributed by atoms with E-state index in [2.05, 4.69) is 10.6 Å². The molecule has 0 aliphatic carbocycles. The molecular weight excluding hydrogens is 403 g/mol. The van der Waals surface area contributed by atoms with Crippen LogP contribution in [0.4, 0.5) is 14.9 Å². The number of imide groups is 1. The molecule has 0 radical (unpaired) electrons. The van der Waals surface area contributed by atoms with Gasteiger partial charge in [0.2, 0.25) is 0 Å². The SMILES string of the molecule is COc1cc(N2CCN(C(O)CC[C@@]3(C)NC(=O)NC3=O)C[C@@H]2C)cc(F)c1Cl. The number of anilines is 1. The van der Waals surface area contributed by atoms with E-state index >= 15 is 0 Å². The second kappa shape index (κ2) is 8.33. The molecule has 0 saturated carbocycles. The lowest BCUT2D eigenvalue weighted by Crippen LogP contribution is -2.55. The molecule has 2 aliphatic heterocycles. The van der Waals surface area contributed by atoms with Crippen LogP contribution in [-0.4, -0.2) is 66.5 Å². The van der Waals surface area contributed by atoms with Gasteiger partial charge >= 0.3 is 6.03 Å². The fraction of sp³-hybridized carbons (Fsp3) is 0.579. The molecule has 2 aliphatic rings. The Morgan fingerprint density at radius 1 is 1.41 bits per heavy atom. The number of nitrogens with one attached hydrogen (secondary N) is 2. The van der Waals surface area contributed by atoms with Crippen LogP contribution in [0.15, 0.2) is 12.1 Å². The predicted molar refractivity (Wildman–Crippen MR) is 107 cm³/mol. The Hall–Kier alpha value is -2.10. The third-order valence-electron chi connectivity index (χ3n) is 5.63. The number of hydrogen-bond donors (Lipinski definition) is 3. The molecule has 3 atom stereocenters. The van der Waals surface area contributed by atoms with Crippen LogP contribution < -0.4 is 20.3 Å². The molecule has 3 amide bonds. The van der Waals surface area contributed by atoms with Crippen LogP contribution in [0.2, 0.25) is 5.02 Å². The van der Waals surface area contributed by atoms with Crippen LogP contribution in [0, 0.1) is 5.82 Å². The van der Waals surface area contributed by atoms with E-state index < -0.39 is 23.6 Å². The van der Waals surface area contributed by atoms with Gasteiger partial charge < -0.3 is 20.1 Å². The van der Waals surface area contributed by atoms with E-state index in [1.165, 1.54) is 13.2 Å². The molecule has 0 aromatic heterocycles. The zero-order chi connectivity index (χ0) is 21.3. The standard InChI is InChI=1S/C19H26ClFN4O4/c1-11-10-24(15(26)4-5-19(2)17(27)22-18(28)23-19)6-7-25(11)12-8-13(21)16(20)14(9-12)29-3/h8-9,11,15,26H,4-7,10H2,1-3H3,(H2,22,23,27,28)/t11-,15?,19+/m0/s1. The Bertz CT molecular complexity index is 811. The zero-order valence-corrected chi connectivity index (χ0v) is 17.4. The van der Waals surface area contributed by atoms with E-state index in [-0.39, 0.29) is 22.7 Å². The molecule has 3 rings (SSSR count). The number of urea groups is 1. The molecule has 10 heteroatoms. The highest BCUT2D eigenvalue weighted by Crippen LogP contribution is 2.34. The summed E-state index contributed by atoms with van der Waals surface area (Å²) in [4.78, 5) is 27.2. The quantitative estimate of drug-likeness (QED) is 0.597. The van der Waals surface area contributed by atoms with Crippen LogP contribution in [0.1, 0.15) is 26.7 Å². The lowest BCUT2D eigenvalue weighted by molar-refractivity contribution is -0.124. The Labute approximate surface area is 173 Å². The fourth-order valence-electron chi connectivity index (χ4n) is 3.86. The van der Waals surface area contributed by atoms with E-state index in [9.17, 15) is 19.1 Å². The number of aliphatic hydroxyl groups is 1. The average Bonchev–Trinajstić information content (AvgIpc) is 2.93. The Balaban J connectivity index is 1.60. The maximum atomic E-state index is 14.1. The van der Waals surface area contributed by atoms with Crippen molar-refractivity contribution < 1.29 is 23.8 Å². The van der Waals surface area contributed by atoms with Gasteiger partial charge in [-0.3, -0.25) is 15.0 Å². The molecule has 2 heterocycles. The fourth-order valence-corrected chi connectivity index (χ4v) is 4.05. The van der Waals surface area contributed by atoms with Crippen LogP contribution in [0.25, 0.3) is 0 Å². The largest absolute Gasteiger partial charge is 0.495 e. The minimum Gasteiger partial charge on any atom is -0.495 e. The number of halogens is 2. The maximum Gasteiger partial charge on any atom is 0.322 e. The van der Waals surface area contributed by atoms with Crippen molar-refractivity contribution in [3.8, 4) is 5.75 Å². The minimum atomic E-state index is -1.01. The van der Waals surface area contributed by atoms with Crippen molar-refractivity contribution in [1.29, 1.82) is 0 Å². The van der Waals surface area contributed by atoms with Gasteiger partial charge in [-0.05, 0) is 32.8 Å². The minimum absolute atomic E-state index is 0.00810. The highest BCUT2D eigenvalue weighted by molar-refractivity contribution is 6.32. The average molecular weight is 429 g/mol. The number of carbonyl (C=O) groups excluding carboxylic acids is 2. The first kappa shape index (κ1) is 21.6. The first-order valence-corrected chi connectivity index (χ1v) is 9.88. The van der Waals surface area contributed by atoms with E-state index in [0.717, 1.165) is 0 Å². The number of amides is 3. The summed E-state index contributed by atoms with van der Waals surface area (Å²) in [6, 6.07) is 2.58. The van der Waals surface area contributed by atoms with Gasteiger partial charge in [-0.1, -0.05) is 11.6 Å². The van der Waals surface area contributed by atoms with Crippen LogP contribution >= 0.6 is 11.6 Å². The molecule has 8 nitrogen and oxygen atoms in total. The van der Waals surface area contributed by atoms with E-state index in [1.54, 1.807) is 13.0 Å². The first-order chi connectivity index (χ1) is 13.6. The summed E-state index contributed by atoms with van der Waals surface area (Å²) in [5.41, 5.74) is -0.341. The number of nitrogens with zero attached hydrogens (tertiary/aromatic N) is 2. The summed E-state index contributed by atoms with van der Waals surface area (Å²) in [6.45, 7) is 5.33. The molecule has 1 aromatic rings. The highest BCUT2D eigenvalue weighted by atomic mass is 35.5. The summed E-state index contributed by atoms with van der Waals surface area (Å²) in [7, 11) is 1.44. The number of hydrogen-bond acceptors (Lipinski definition) is 6. The third kappa shape index (κ3) is 4.41. The summed E-state index contributed by atoms with van der Waals surface area (Å²) >= 11 is 5.91. The first-order valence-electron chi connectivity index (χ1n) is 9.50. The Kier molecular flexibility index (Phi) is 6.21. The lowest BCUT2D eigenvalue weighted by Gasteiger charge is -2.43. The van der Waals surface area contributed by atoms with Crippen molar-refractivity contribution in [2.24, 2.45) is 0 Å². The van der Waals surface area contributed by atoms with Crippen molar-refractivity contribution in [3.63, 3.8) is 0 Å². The van der Waals surface area contributed by atoms with Crippen LogP contribution in [0.5, 0.6) is 5.75 Å². The molecule has 2 saturated heterocycles. The van der Waals surface area contributed by atoms with Crippen molar-refractivity contribution >= 4 is 29.2 Å². The van der Waals surface area contributed by atoms with Crippen molar-refractivity contribution in [2.45, 2.75) is 44.5 Å². The maximum absolute atomic E-state index is 14.1. The van der Waals surface area contributed by atoms with Gasteiger partial charge in [-0.15, -0.1) is 0 Å². The molecule has 1 aromatic carbocycles. The molecule has 2 fully saturated rings. The number of piperazine rings is 1. The van der Waals surface area contributed by atoms with Gasteiger partial charge in [0, 0.05) is 37.4 Å². The molecule has 160 valence electrons. The van der Waals surface area contributed by atoms with Gasteiger partial charge in [0.05, 0.1) is 7.11 Å². The molecule has 1 unspecified atom stereocenters. The molecular formula is C19H26ClFN4O4. The Morgan fingerprint density at radius 2 is 2.14 bits per heavy atom. The summed E-state index contributed by atoms with van der Waals surface area (Å²) in [6.07, 6.45) is -0.0986. The van der Waals surface area contributed by atoms with Crippen LogP contribution in [-0.2, 0) is 4.79 Å². The number of rotatable bonds is 6. The number of ether oxygens (including phenoxy) is 1. The van der Waals surface area contributed by atoms with E-state index in [1.807, 2.05) is 16.7 Å². The zero-order valence-electron chi connectivity index (χ0n) is 16.7. The lowest BCUT2D eigenvalue weighted by atomic mass is 9.95. The predicted octanol–water partition coefficient (Wildman–Crippen LogP) is 1.69. The number of methoxy groups -OCH3 is 1. The summed E-state index contributed by atoms with van der Waals surface area (Å²) in [5.74, 6) is -0.645. The summed E-state index contributed by atoms with van der Waals surface area (Å²) < 4.78 is 19.3. The number of benzene rings is 1. The topological polar surface area (TPSA) is 94.1 Å². The monoisotopic (exact) mass is 428 g/mol. The second-order valence-corrected chi connectivity index (χ2v) is 8.12. The smallest absolute Gasteiger partial charge is 0.322 e. The van der Waals surface area contributed by atoms with Gasteiger partial charge in [0.25, 0.3) is 5.91 Å². The summed E-state index contributed by atoms with van der Waals surface area (Å²) in [5, 5.41) is 15.4. The third-order valence-corrected chi connectivity index (χ3v) is 6.00. The van der Waals surface area contributed by atoms with Crippen molar-refractivity contribution in [2.75, 3.05) is 31.6 Å². The molecule has 0 spiro atoms. The highest BCUT2D eigenvalue weighted by Gasteiger charge is 2.42. The van der Waals surface area contributed by atoms with Crippen LogP contribution in [0.3, 0.4) is 0 Å². The second-order valence-electron chi connectivity index (χ2n) is 7.74. The Morgan fingerprint density at radius 3 is 2.72 bits per heavy atom. The van der Waals surface area contributed by atoms with Gasteiger partial charge in [0.15, 0.2) is 0 Å². The van der Waals surface area contributed by atoms with E-state index in [0.29, 0.717) is 38.2 Å². The molecule has 0 bridgehead atoms. The van der Waals surface area contributed by atoms with Gasteiger partial charge in [-0.25, -0.2) is 9.18 Å². The van der Waals surface area contributed by atoms with Gasteiger partial charge in [-0.2, -0.15) is 0 Å². The number of aliphatic hydroxyl groups excluding tert-OH is 1. The van der Waals surface area contributed by atoms with Crippen molar-refractivity contribution in [1.82, 2.24) is 15.5 Å². The van der Waals surface area contributed by atoms with Gasteiger partial charge in [0.1, 0.15) is 28.4 Å². The molecule has 3 N–H and O–H groups in total.